The molecule has 0 aliphatic heterocycles. The quantitative estimate of drug-likeness (QED) is 0.511. The molecule has 7 nitrogen and oxygen atoms in total. The Labute approximate surface area is 182 Å². The third-order valence-electron chi connectivity index (χ3n) is 3.97. The summed E-state index contributed by atoms with van der Waals surface area (Å²) in [6, 6.07) is 9.62. The number of nitrogens with zero attached hydrogens (tertiary/aromatic N) is 3. The highest BCUT2D eigenvalue weighted by molar-refractivity contribution is 7.99. The molecule has 0 saturated heterocycles. The van der Waals surface area contributed by atoms with E-state index in [2.05, 4.69) is 20.8 Å². The number of carbonyl (C=O) groups is 2. The zero-order chi connectivity index (χ0) is 21.5. The van der Waals surface area contributed by atoms with Gasteiger partial charge < -0.3 is 9.88 Å². The lowest BCUT2D eigenvalue weighted by molar-refractivity contribution is -0.117. The van der Waals surface area contributed by atoms with E-state index < -0.39 is 11.9 Å². The summed E-state index contributed by atoms with van der Waals surface area (Å²) in [6.07, 6.45) is 0. The molecule has 2 aromatic heterocycles. The van der Waals surface area contributed by atoms with Crippen LogP contribution in [0.2, 0.25) is 0 Å². The van der Waals surface area contributed by atoms with Crippen LogP contribution in [0.4, 0.5) is 9.18 Å². The second-order valence-corrected chi connectivity index (χ2v) is 8.86. The highest BCUT2D eigenvalue weighted by Gasteiger charge is 2.19. The number of hydrogen-bond acceptors (Lipinski definition) is 6. The van der Waals surface area contributed by atoms with Crippen LogP contribution in [0.15, 0.2) is 46.9 Å². The van der Waals surface area contributed by atoms with Gasteiger partial charge in [0, 0.05) is 11.4 Å². The predicted octanol–water partition coefficient (Wildman–Crippen LogP) is 3.92. The van der Waals surface area contributed by atoms with Crippen molar-refractivity contribution >= 4 is 35.0 Å². The summed E-state index contributed by atoms with van der Waals surface area (Å²) >= 11 is 2.68. The van der Waals surface area contributed by atoms with Crippen LogP contribution in [0.1, 0.15) is 18.7 Å². The topological polar surface area (TPSA) is 88.9 Å². The van der Waals surface area contributed by atoms with Gasteiger partial charge in [0.2, 0.25) is 5.91 Å². The van der Waals surface area contributed by atoms with E-state index in [1.807, 2.05) is 31.4 Å². The number of thiophene rings is 1. The third-order valence-corrected chi connectivity index (χ3v) is 5.81. The first-order valence-corrected chi connectivity index (χ1v) is 11.2. The molecule has 0 bridgehead atoms. The zero-order valence-corrected chi connectivity index (χ0v) is 18.2. The molecule has 3 rings (SSSR count). The number of amides is 3. The van der Waals surface area contributed by atoms with Gasteiger partial charge in [0.25, 0.3) is 0 Å². The van der Waals surface area contributed by atoms with Crippen molar-refractivity contribution in [1.29, 1.82) is 0 Å². The molecule has 30 heavy (non-hydrogen) atoms. The molecule has 0 aliphatic rings. The fraction of sp³-hybridized carbons (Fsp3) is 0.300. The lowest BCUT2D eigenvalue weighted by atomic mass is 10.2. The number of carbonyl (C=O) groups excluding carboxylic acids is 2. The molecule has 2 N–H and O–H groups in total. The van der Waals surface area contributed by atoms with Crippen LogP contribution in [0.5, 0.6) is 0 Å². The standard InChI is InChI=1S/C20H22FN5O2S2/c1-13(2)11-26-18(15-7-3-4-8-16(15)21)24-25-20(26)30-12-17(27)23-19(28)22-10-14-6-5-9-29-14/h3-9,13H,10-12H2,1-2H3,(H2,22,23,27,28). The van der Waals surface area contributed by atoms with Gasteiger partial charge >= 0.3 is 6.03 Å². The predicted molar refractivity (Wildman–Crippen MR) is 116 cm³/mol. The van der Waals surface area contributed by atoms with Crippen molar-refractivity contribution in [3.63, 3.8) is 0 Å². The molecule has 0 unspecified atom stereocenters. The van der Waals surface area contributed by atoms with Gasteiger partial charge in [0.05, 0.1) is 17.9 Å². The SMILES string of the molecule is CC(C)Cn1c(SCC(=O)NC(=O)NCc2cccs2)nnc1-c1ccccc1F. The van der Waals surface area contributed by atoms with E-state index in [1.54, 1.807) is 22.8 Å². The fourth-order valence-electron chi connectivity index (χ4n) is 2.68. The summed E-state index contributed by atoms with van der Waals surface area (Å²) < 4.78 is 16.0. The maximum atomic E-state index is 14.2. The number of benzene rings is 1. The van der Waals surface area contributed by atoms with Crippen LogP contribution >= 0.6 is 23.1 Å². The third kappa shape index (κ3) is 5.90. The number of halogens is 1. The van der Waals surface area contributed by atoms with Crippen molar-refractivity contribution in [2.75, 3.05) is 5.75 Å². The number of rotatable bonds is 8. The molecule has 158 valence electrons. The van der Waals surface area contributed by atoms with Crippen LogP contribution in [-0.2, 0) is 17.9 Å². The van der Waals surface area contributed by atoms with E-state index in [-0.39, 0.29) is 17.5 Å². The number of urea groups is 1. The first kappa shape index (κ1) is 22.0. The van der Waals surface area contributed by atoms with E-state index in [9.17, 15) is 14.0 Å². The van der Waals surface area contributed by atoms with Gasteiger partial charge in [-0.1, -0.05) is 43.8 Å². The molecule has 2 heterocycles. The highest BCUT2D eigenvalue weighted by atomic mass is 32.2. The lowest BCUT2D eigenvalue weighted by Crippen LogP contribution is -2.39. The van der Waals surface area contributed by atoms with Gasteiger partial charge in [0.15, 0.2) is 11.0 Å². The van der Waals surface area contributed by atoms with Crippen molar-refractivity contribution in [2.45, 2.75) is 32.1 Å². The van der Waals surface area contributed by atoms with Crippen molar-refractivity contribution < 1.29 is 14.0 Å². The Hall–Kier alpha value is -2.72. The summed E-state index contributed by atoms with van der Waals surface area (Å²) in [7, 11) is 0. The van der Waals surface area contributed by atoms with E-state index in [0.717, 1.165) is 16.6 Å². The Morgan fingerprint density at radius 1 is 1.20 bits per heavy atom. The second kappa shape index (κ2) is 10.4. The summed E-state index contributed by atoms with van der Waals surface area (Å²) in [5, 5.41) is 15.6. The normalized spacial score (nSPS) is 10.9. The minimum atomic E-state index is -0.551. The molecular weight excluding hydrogens is 425 g/mol. The summed E-state index contributed by atoms with van der Waals surface area (Å²) in [4.78, 5) is 25.0. The van der Waals surface area contributed by atoms with Crippen LogP contribution in [-0.4, -0.2) is 32.5 Å². The second-order valence-electron chi connectivity index (χ2n) is 6.89. The van der Waals surface area contributed by atoms with Gasteiger partial charge in [-0.15, -0.1) is 21.5 Å². The van der Waals surface area contributed by atoms with Gasteiger partial charge in [-0.3, -0.25) is 10.1 Å². The Bertz CT molecular complexity index is 1000. The molecule has 1 aromatic carbocycles. The van der Waals surface area contributed by atoms with Crippen LogP contribution in [0.25, 0.3) is 11.4 Å². The number of hydrogen-bond donors (Lipinski definition) is 2. The molecule has 0 saturated carbocycles. The molecule has 3 amide bonds. The average Bonchev–Trinajstić information content (AvgIpc) is 3.35. The Balaban J connectivity index is 1.62. The Kier molecular flexibility index (Phi) is 7.58. The molecule has 3 aromatic rings. The zero-order valence-electron chi connectivity index (χ0n) is 16.6. The Morgan fingerprint density at radius 2 is 2.00 bits per heavy atom. The smallest absolute Gasteiger partial charge is 0.321 e. The summed E-state index contributed by atoms with van der Waals surface area (Å²) in [5.41, 5.74) is 0.356. The maximum Gasteiger partial charge on any atom is 0.321 e. The van der Waals surface area contributed by atoms with Crippen LogP contribution < -0.4 is 10.6 Å². The summed E-state index contributed by atoms with van der Waals surface area (Å²) in [5.74, 6) is -0.164. The molecule has 0 aliphatic carbocycles. The molecule has 0 radical (unpaired) electrons. The van der Waals surface area contributed by atoms with E-state index in [4.69, 9.17) is 0 Å². The number of nitrogens with one attached hydrogen (secondary N) is 2. The number of thioether (sulfide) groups is 1. The van der Waals surface area contributed by atoms with Crippen LogP contribution in [0, 0.1) is 11.7 Å². The van der Waals surface area contributed by atoms with E-state index in [0.29, 0.717) is 29.6 Å². The Morgan fingerprint density at radius 3 is 2.70 bits per heavy atom. The van der Waals surface area contributed by atoms with Crippen molar-refractivity contribution in [3.05, 3.63) is 52.5 Å². The first-order valence-electron chi connectivity index (χ1n) is 9.35. The highest BCUT2D eigenvalue weighted by Crippen LogP contribution is 2.26. The van der Waals surface area contributed by atoms with E-state index >= 15 is 0 Å². The minimum absolute atomic E-state index is 0.0140. The van der Waals surface area contributed by atoms with E-state index in [1.165, 1.54) is 17.4 Å². The molecule has 0 spiro atoms. The molecule has 0 atom stereocenters. The number of imide groups is 1. The van der Waals surface area contributed by atoms with Crippen molar-refractivity contribution in [2.24, 2.45) is 5.92 Å². The maximum absolute atomic E-state index is 14.2. The molecular formula is C20H22FN5O2S2. The first-order chi connectivity index (χ1) is 14.4. The monoisotopic (exact) mass is 447 g/mol. The van der Waals surface area contributed by atoms with Crippen LogP contribution in [0.3, 0.4) is 0 Å². The van der Waals surface area contributed by atoms with Gasteiger partial charge in [0.1, 0.15) is 5.82 Å². The summed E-state index contributed by atoms with van der Waals surface area (Å²) in [6.45, 7) is 5.00. The average molecular weight is 448 g/mol. The molecule has 0 fully saturated rings. The minimum Gasteiger partial charge on any atom is -0.333 e. The fourth-order valence-corrected chi connectivity index (χ4v) is 4.08. The van der Waals surface area contributed by atoms with Gasteiger partial charge in [-0.05, 0) is 29.5 Å². The van der Waals surface area contributed by atoms with Gasteiger partial charge in [-0.25, -0.2) is 9.18 Å². The largest absolute Gasteiger partial charge is 0.333 e. The number of aromatic nitrogens is 3. The molecule has 10 heteroatoms. The van der Waals surface area contributed by atoms with Crippen molar-refractivity contribution in [3.8, 4) is 11.4 Å². The van der Waals surface area contributed by atoms with Gasteiger partial charge in [-0.2, -0.15) is 0 Å². The lowest BCUT2D eigenvalue weighted by Gasteiger charge is -2.13. The van der Waals surface area contributed by atoms with Crippen molar-refractivity contribution in [1.82, 2.24) is 25.4 Å².